The van der Waals surface area contributed by atoms with E-state index in [2.05, 4.69) is 68.6 Å². The Balaban J connectivity index is 1.49. The Bertz CT molecular complexity index is 783. The summed E-state index contributed by atoms with van der Waals surface area (Å²) in [5, 5.41) is 3.57. The van der Waals surface area contributed by atoms with Crippen molar-refractivity contribution in [2.45, 2.75) is 13.0 Å². The van der Waals surface area contributed by atoms with Crippen LogP contribution in [-0.4, -0.2) is 45.9 Å². The van der Waals surface area contributed by atoms with E-state index in [1.807, 2.05) is 7.05 Å². The number of fused-ring (bicyclic) bond motifs is 1. The second kappa shape index (κ2) is 7.79. The normalized spacial score (nSPS) is 17.3. The monoisotopic (exact) mass is 350 g/mol. The Morgan fingerprint density at radius 3 is 2.54 bits per heavy atom. The van der Waals surface area contributed by atoms with Gasteiger partial charge in [-0.1, -0.05) is 36.4 Å². The number of morpholine rings is 1. The van der Waals surface area contributed by atoms with E-state index < -0.39 is 0 Å². The highest BCUT2D eigenvalue weighted by molar-refractivity contribution is 5.97. The molecule has 0 saturated carbocycles. The van der Waals surface area contributed by atoms with Crippen molar-refractivity contribution < 1.29 is 4.74 Å². The Morgan fingerprint density at radius 2 is 1.73 bits per heavy atom. The lowest BCUT2D eigenvalue weighted by Crippen LogP contribution is -2.41. The van der Waals surface area contributed by atoms with Crippen molar-refractivity contribution in [3.8, 4) is 0 Å². The Morgan fingerprint density at radius 1 is 1.00 bits per heavy atom. The van der Waals surface area contributed by atoms with Crippen LogP contribution in [0.2, 0.25) is 0 Å². The van der Waals surface area contributed by atoms with Crippen molar-refractivity contribution in [2.75, 3.05) is 49.7 Å². The molecule has 0 radical (unpaired) electrons. The third kappa shape index (κ3) is 3.40. The molecule has 2 aliphatic rings. The maximum absolute atomic E-state index is 5.49. The van der Waals surface area contributed by atoms with Gasteiger partial charge in [-0.3, -0.25) is 4.99 Å². The van der Waals surface area contributed by atoms with Crippen LogP contribution in [-0.2, 0) is 17.7 Å². The number of benzene rings is 2. The highest BCUT2D eigenvalue weighted by Crippen LogP contribution is 2.27. The van der Waals surface area contributed by atoms with Crippen molar-refractivity contribution in [1.82, 2.24) is 5.32 Å². The molecule has 2 aliphatic heterocycles. The van der Waals surface area contributed by atoms with Crippen LogP contribution in [0, 0.1) is 0 Å². The van der Waals surface area contributed by atoms with Crippen LogP contribution < -0.4 is 15.1 Å². The third-order valence-electron chi connectivity index (χ3n) is 5.13. The number of hydrogen-bond acceptors (Lipinski definition) is 3. The van der Waals surface area contributed by atoms with Crippen LogP contribution in [0.4, 0.5) is 11.4 Å². The van der Waals surface area contributed by atoms with Crippen molar-refractivity contribution >= 4 is 17.3 Å². The van der Waals surface area contributed by atoms with Gasteiger partial charge in [0.25, 0.3) is 0 Å². The minimum absolute atomic E-state index is 0.763. The molecule has 136 valence electrons. The molecule has 2 aromatic carbocycles. The number of para-hydroxylation sites is 2. The topological polar surface area (TPSA) is 40.1 Å². The quantitative estimate of drug-likeness (QED) is 0.682. The summed E-state index contributed by atoms with van der Waals surface area (Å²) in [6.45, 7) is 5.24. The van der Waals surface area contributed by atoms with Crippen LogP contribution in [0.5, 0.6) is 0 Å². The van der Waals surface area contributed by atoms with Crippen molar-refractivity contribution in [2.24, 2.45) is 4.99 Å². The highest BCUT2D eigenvalue weighted by Gasteiger charge is 2.22. The predicted molar refractivity (Wildman–Crippen MR) is 107 cm³/mol. The molecule has 4 rings (SSSR count). The lowest BCUT2D eigenvalue weighted by molar-refractivity contribution is 0.122. The SMILES string of the molecule is CN=C(NCc1ccccc1N1CCOCC1)N1CCc2ccccc21. The summed E-state index contributed by atoms with van der Waals surface area (Å²) in [4.78, 5) is 9.22. The number of rotatable bonds is 3. The van der Waals surface area contributed by atoms with E-state index >= 15 is 0 Å². The van der Waals surface area contributed by atoms with Gasteiger partial charge in [0.2, 0.25) is 0 Å². The number of aliphatic imine (C=N–C) groups is 1. The molecular weight excluding hydrogens is 324 g/mol. The first-order valence-electron chi connectivity index (χ1n) is 9.33. The minimum atomic E-state index is 0.763. The van der Waals surface area contributed by atoms with Gasteiger partial charge < -0.3 is 19.9 Å². The molecule has 0 atom stereocenters. The van der Waals surface area contributed by atoms with E-state index in [0.29, 0.717) is 0 Å². The Labute approximate surface area is 155 Å². The number of anilines is 2. The standard InChI is InChI=1S/C21H26N4O/c1-22-21(25-11-10-17-6-2-5-9-20(17)25)23-16-18-7-3-4-8-19(18)24-12-14-26-15-13-24/h2-9H,10-16H2,1H3,(H,22,23). The largest absolute Gasteiger partial charge is 0.378 e. The van der Waals surface area contributed by atoms with Crippen molar-refractivity contribution in [1.29, 1.82) is 0 Å². The average molecular weight is 350 g/mol. The fraction of sp³-hybridized carbons (Fsp3) is 0.381. The van der Waals surface area contributed by atoms with E-state index in [1.54, 1.807) is 0 Å². The van der Waals surface area contributed by atoms with Crippen LogP contribution in [0.15, 0.2) is 53.5 Å². The molecule has 1 saturated heterocycles. The molecule has 0 amide bonds. The Kier molecular flexibility index (Phi) is 5.07. The highest BCUT2D eigenvalue weighted by atomic mass is 16.5. The number of nitrogens with one attached hydrogen (secondary N) is 1. The maximum atomic E-state index is 5.49. The first-order chi connectivity index (χ1) is 12.9. The zero-order chi connectivity index (χ0) is 17.8. The van der Waals surface area contributed by atoms with Gasteiger partial charge in [-0.2, -0.15) is 0 Å². The summed E-state index contributed by atoms with van der Waals surface area (Å²) in [5.41, 5.74) is 5.25. The van der Waals surface area contributed by atoms with E-state index in [4.69, 9.17) is 4.74 Å². The third-order valence-corrected chi connectivity index (χ3v) is 5.13. The second-order valence-corrected chi connectivity index (χ2v) is 6.66. The van der Waals surface area contributed by atoms with E-state index in [9.17, 15) is 0 Å². The van der Waals surface area contributed by atoms with Crippen molar-refractivity contribution in [3.05, 3.63) is 59.7 Å². The van der Waals surface area contributed by atoms with E-state index in [1.165, 1.54) is 22.5 Å². The zero-order valence-electron chi connectivity index (χ0n) is 15.3. The smallest absolute Gasteiger partial charge is 0.198 e. The average Bonchev–Trinajstić information content (AvgIpc) is 3.14. The van der Waals surface area contributed by atoms with Crippen LogP contribution >= 0.6 is 0 Å². The van der Waals surface area contributed by atoms with Gasteiger partial charge in [0.15, 0.2) is 5.96 Å². The molecular formula is C21H26N4O. The molecule has 5 nitrogen and oxygen atoms in total. The molecule has 0 spiro atoms. The van der Waals surface area contributed by atoms with E-state index in [0.717, 1.165) is 51.8 Å². The molecule has 0 aliphatic carbocycles. The summed E-state index contributed by atoms with van der Waals surface area (Å²) in [6, 6.07) is 17.2. The molecule has 0 bridgehead atoms. The summed E-state index contributed by atoms with van der Waals surface area (Å²) in [7, 11) is 1.86. The fourth-order valence-electron chi connectivity index (χ4n) is 3.80. The van der Waals surface area contributed by atoms with Crippen LogP contribution in [0.3, 0.4) is 0 Å². The molecule has 1 fully saturated rings. The number of ether oxygens (including phenoxy) is 1. The first-order valence-corrected chi connectivity index (χ1v) is 9.33. The van der Waals surface area contributed by atoms with Crippen molar-refractivity contribution in [3.63, 3.8) is 0 Å². The summed E-state index contributed by atoms with van der Waals surface area (Å²) in [6.07, 6.45) is 1.07. The number of guanidine groups is 1. The zero-order valence-corrected chi connectivity index (χ0v) is 15.3. The molecule has 1 N–H and O–H groups in total. The summed E-state index contributed by atoms with van der Waals surface area (Å²) < 4.78 is 5.49. The number of hydrogen-bond donors (Lipinski definition) is 1. The molecule has 2 aromatic rings. The maximum Gasteiger partial charge on any atom is 0.198 e. The van der Waals surface area contributed by atoms with E-state index in [-0.39, 0.29) is 0 Å². The van der Waals surface area contributed by atoms with Crippen LogP contribution in [0.25, 0.3) is 0 Å². The summed E-state index contributed by atoms with van der Waals surface area (Å²) in [5.74, 6) is 0.937. The number of nitrogens with zero attached hydrogens (tertiary/aromatic N) is 3. The van der Waals surface area contributed by atoms with Gasteiger partial charge in [-0.15, -0.1) is 0 Å². The van der Waals surface area contributed by atoms with Gasteiger partial charge >= 0.3 is 0 Å². The molecule has 0 unspecified atom stereocenters. The predicted octanol–water partition coefficient (Wildman–Crippen LogP) is 2.66. The molecule has 26 heavy (non-hydrogen) atoms. The fourth-order valence-corrected chi connectivity index (χ4v) is 3.80. The lowest BCUT2D eigenvalue weighted by Gasteiger charge is -2.31. The van der Waals surface area contributed by atoms with Gasteiger partial charge in [-0.05, 0) is 29.7 Å². The van der Waals surface area contributed by atoms with Gasteiger partial charge in [0.05, 0.1) is 13.2 Å². The van der Waals surface area contributed by atoms with Gasteiger partial charge in [0.1, 0.15) is 0 Å². The molecule has 5 heteroatoms. The summed E-state index contributed by atoms with van der Waals surface area (Å²) >= 11 is 0. The van der Waals surface area contributed by atoms with Gasteiger partial charge in [0, 0.05) is 44.6 Å². The molecule has 0 aromatic heterocycles. The second-order valence-electron chi connectivity index (χ2n) is 6.66. The van der Waals surface area contributed by atoms with Crippen LogP contribution in [0.1, 0.15) is 11.1 Å². The Hall–Kier alpha value is -2.53. The first kappa shape index (κ1) is 16.9. The molecule has 2 heterocycles. The minimum Gasteiger partial charge on any atom is -0.378 e. The lowest BCUT2D eigenvalue weighted by atomic mass is 10.1. The van der Waals surface area contributed by atoms with Gasteiger partial charge in [-0.25, -0.2) is 0 Å².